The van der Waals surface area contributed by atoms with Crippen LogP contribution in [0.2, 0.25) is 0 Å². The molecule has 1 aromatic rings. The van der Waals surface area contributed by atoms with Gasteiger partial charge in [-0.3, -0.25) is 0 Å². The number of anilines is 1. The molecule has 3 nitrogen and oxygen atoms in total. The lowest BCUT2D eigenvalue weighted by Crippen LogP contribution is -2.30. The third kappa shape index (κ3) is 4.18. The van der Waals surface area contributed by atoms with Crippen molar-refractivity contribution in [3.8, 4) is 0 Å². The molecule has 1 atom stereocenters. The van der Waals surface area contributed by atoms with Gasteiger partial charge in [-0.1, -0.05) is 13.0 Å². The Balaban J connectivity index is 2.04. The van der Waals surface area contributed by atoms with Gasteiger partial charge in [0.15, 0.2) is 0 Å². The number of benzene rings is 1. The summed E-state index contributed by atoms with van der Waals surface area (Å²) in [4.78, 5) is 2.09. The van der Waals surface area contributed by atoms with Crippen LogP contribution in [0, 0.1) is 5.82 Å². The van der Waals surface area contributed by atoms with Crippen LogP contribution >= 0.6 is 0 Å². The van der Waals surface area contributed by atoms with E-state index in [1.165, 1.54) is 0 Å². The first-order valence-electron chi connectivity index (χ1n) is 7.56. The van der Waals surface area contributed by atoms with Crippen LogP contribution in [0.25, 0.3) is 0 Å². The molecule has 1 aromatic carbocycles. The molecular formula is C16H25FN2O. The average Bonchev–Trinajstić information content (AvgIpc) is 2.64. The molecule has 0 amide bonds. The quantitative estimate of drug-likeness (QED) is 0.839. The van der Waals surface area contributed by atoms with Gasteiger partial charge in [0.05, 0.1) is 11.8 Å². The number of nitrogens with zero attached hydrogens (tertiary/aromatic N) is 1. The van der Waals surface area contributed by atoms with Gasteiger partial charge in [0.1, 0.15) is 5.82 Å². The minimum absolute atomic E-state index is 0.130. The molecule has 0 radical (unpaired) electrons. The summed E-state index contributed by atoms with van der Waals surface area (Å²) in [5.74, 6) is -0.130. The predicted molar refractivity (Wildman–Crippen MR) is 80.6 cm³/mol. The van der Waals surface area contributed by atoms with E-state index in [2.05, 4.69) is 17.1 Å². The van der Waals surface area contributed by atoms with Gasteiger partial charge in [-0.25, -0.2) is 4.39 Å². The fourth-order valence-corrected chi connectivity index (χ4v) is 2.54. The van der Waals surface area contributed by atoms with Gasteiger partial charge >= 0.3 is 0 Å². The van der Waals surface area contributed by atoms with Crippen molar-refractivity contribution >= 4 is 5.69 Å². The number of rotatable bonds is 5. The van der Waals surface area contributed by atoms with Crippen molar-refractivity contribution in [3.05, 3.63) is 29.6 Å². The van der Waals surface area contributed by atoms with Crippen LogP contribution in [0.4, 0.5) is 10.1 Å². The second-order valence-corrected chi connectivity index (χ2v) is 5.44. The van der Waals surface area contributed by atoms with Gasteiger partial charge in [-0.2, -0.15) is 0 Å². The zero-order valence-corrected chi connectivity index (χ0v) is 12.5. The van der Waals surface area contributed by atoms with E-state index in [0.717, 1.165) is 51.2 Å². The topological polar surface area (TPSA) is 24.5 Å². The lowest BCUT2D eigenvalue weighted by Gasteiger charge is -2.25. The van der Waals surface area contributed by atoms with E-state index in [-0.39, 0.29) is 11.9 Å². The molecule has 1 N–H and O–H groups in total. The summed E-state index contributed by atoms with van der Waals surface area (Å²) >= 11 is 0. The number of nitrogens with one attached hydrogen (secondary N) is 1. The Labute approximate surface area is 121 Å². The minimum atomic E-state index is -0.130. The summed E-state index contributed by atoms with van der Waals surface area (Å²) in [6, 6.07) is 5.56. The molecule has 1 unspecified atom stereocenters. The second-order valence-electron chi connectivity index (χ2n) is 5.44. The lowest BCUT2D eigenvalue weighted by atomic mass is 10.1. The van der Waals surface area contributed by atoms with E-state index in [1.807, 2.05) is 19.1 Å². The van der Waals surface area contributed by atoms with Crippen LogP contribution in [0.1, 0.15) is 32.3 Å². The van der Waals surface area contributed by atoms with Crippen LogP contribution in [-0.2, 0) is 11.3 Å². The van der Waals surface area contributed by atoms with Crippen LogP contribution in [0.15, 0.2) is 18.2 Å². The Morgan fingerprint density at radius 1 is 1.45 bits per heavy atom. The molecule has 112 valence electrons. The van der Waals surface area contributed by atoms with Crippen molar-refractivity contribution in [2.75, 3.05) is 31.1 Å². The Hall–Kier alpha value is -1.13. The molecule has 1 heterocycles. The molecule has 0 aromatic heterocycles. The maximum atomic E-state index is 14.3. The predicted octanol–water partition coefficient (Wildman–Crippen LogP) is 2.94. The first-order chi connectivity index (χ1) is 9.70. The summed E-state index contributed by atoms with van der Waals surface area (Å²) in [5, 5.41) is 3.29. The van der Waals surface area contributed by atoms with E-state index < -0.39 is 0 Å². The summed E-state index contributed by atoms with van der Waals surface area (Å²) in [5.41, 5.74) is 1.69. The second kappa shape index (κ2) is 7.60. The molecule has 1 saturated heterocycles. The standard InChI is InChI=1S/C16H25FN2O/c1-3-7-18-11-14-5-6-16(15(17)10-14)19-8-4-9-20-13(2)12-19/h5-6,10,13,18H,3-4,7-9,11-12H2,1-2H3. The SMILES string of the molecule is CCCNCc1ccc(N2CCCOC(C)C2)c(F)c1. The van der Waals surface area contributed by atoms with Gasteiger partial charge < -0.3 is 15.0 Å². The largest absolute Gasteiger partial charge is 0.377 e. The smallest absolute Gasteiger partial charge is 0.146 e. The molecule has 2 rings (SSSR count). The molecule has 1 aliphatic rings. The van der Waals surface area contributed by atoms with Crippen LogP contribution < -0.4 is 10.2 Å². The van der Waals surface area contributed by atoms with E-state index in [1.54, 1.807) is 6.07 Å². The van der Waals surface area contributed by atoms with Crippen LogP contribution in [-0.4, -0.2) is 32.3 Å². The third-order valence-corrected chi connectivity index (χ3v) is 3.56. The van der Waals surface area contributed by atoms with E-state index in [4.69, 9.17) is 4.74 Å². The van der Waals surface area contributed by atoms with Crippen LogP contribution in [0.3, 0.4) is 0 Å². The zero-order chi connectivity index (χ0) is 14.4. The first-order valence-corrected chi connectivity index (χ1v) is 7.56. The Kier molecular flexibility index (Phi) is 5.80. The van der Waals surface area contributed by atoms with E-state index >= 15 is 0 Å². The lowest BCUT2D eigenvalue weighted by molar-refractivity contribution is 0.0820. The highest BCUT2D eigenvalue weighted by Gasteiger charge is 2.18. The Morgan fingerprint density at radius 3 is 3.05 bits per heavy atom. The highest BCUT2D eigenvalue weighted by molar-refractivity contribution is 5.49. The van der Waals surface area contributed by atoms with Gasteiger partial charge in [0.25, 0.3) is 0 Å². The number of hydrogen-bond donors (Lipinski definition) is 1. The normalized spacial score (nSPS) is 19.9. The van der Waals surface area contributed by atoms with Crippen LogP contribution in [0.5, 0.6) is 0 Å². The minimum Gasteiger partial charge on any atom is -0.377 e. The van der Waals surface area contributed by atoms with E-state index in [9.17, 15) is 4.39 Å². The Bertz CT molecular complexity index is 425. The molecule has 0 bridgehead atoms. The van der Waals surface area contributed by atoms with Gasteiger partial charge in [0.2, 0.25) is 0 Å². The van der Waals surface area contributed by atoms with Gasteiger partial charge in [-0.05, 0) is 44.0 Å². The number of hydrogen-bond acceptors (Lipinski definition) is 3. The number of halogens is 1. The third-order valence-electron chi connectivity index (χ3n) is 3.56. The average molecular weight is 280 g/mol. The fourth-order valence-electron chi connectivity index (χ4n) is 2.54. The maximum Gasteiger partial charge on any atom is 0.146 e. The molecule has 1 aliphatic heterocycles. The monoisotopic (exact) mass is 280 g/mol. The van der Waals surface area contributed by atoms with Crippen molar-refractivity contribution < 1.29 is 9.13 Å². The highest BCUT2D eigenvalue weighted by atomic mass is 19.1. The van der Waals surface area contributed by atoms with Crippen molar-refractivity contribution in [2.24, 2.45) is 0 Å². The van der Waals surface area contributed by atoms with Gasteiger partial charge in [-0.15, -0.1) is 0 Å². The number of ether oxygens (including phenoxy) is 1. The first kappa shape index (κ1) is 15.3. The van der Waals surface area contributed by atoms with Crippen molar-refractivity contribution in [1.29, 1.82) is 0 Å². The van der Waals surface area contributed by atoms with Crippen molar-refractivity contribution in [2.45, 2.75) is 39.3 Å². The summed E-state index contributed by atoms with van der Waals surface area (Å²) < 4.78 is 19.9. The summed E-state index contributed by atoms with van der Waals surface area (Å²) in [6.45, 7) is 8.23. The molecule has 0 saturated carbocycles. The fraction of sp³-hybridized carbons (Fsp3) is 0.625. The molecule has 20 heavy (non-hydrogen) atoms. The summed E-state index contributed by atoms with van der Waals surface area (Å²) in [7, 11) is 0. The van der Waals surface area contributed by atoms with Gasteiger partial charge in [0, 0.05) is 26.2 Å². The van der Waals surface area contributed by atoms with Crippen molar-refractivity contribution in [3.63, 3.8) is 0 Å². The molecule has 0 aliphatic carbocycles. The molecule has 4 heteroatoms. The maximum absolute atomic E-state index is 14.3. The van der Waals surface area contributed by atoms with E-state index in [0.29, 0.717) is 5.69 Å². The molecule has 0 spiro atoms. The van der Waals surface area contributed by atoms with Crippen molar-refractivity contribution in [1.82, 2.24) is 5.32 Å². The summed E-state index contributed by atoms with van der Waals surface area (Å²) in [6.07, 6.45) is 2.19. The zero-order valence-electron chi connectivity index (χ0n) is 12.5. The highest BCUT2D eigenvalue weighted by Crippen LogP contribution is 2.22. The molecule has 1 fully saturated rings. The Morgan fingerprint density at radius 2 is 2.30 bits per heavy atom. The molecular weight excluding hydrogens is 255 g/mol.